The second-order valence-electron chi connectivity index (χ2n) is 5.88. The number of ether oxygens (including phenoxy) is 4. The van der Waals surface area contributed by atoms with Gasteiger partial charge in [-0.15, -0.1) is 0 Å². The van der Waals surface area contributed by atoms with Crippen molar-refractivity contribution in [3.63, 3.8) is 0 Å². The number of hydrogen-bond donors (Lipinski definition) is 6. The van der Waals surface area contributed by atoms with Gasteiger partial charge in [0.15, 0.2) is 12.6 Å². The van der Waals surface area contributed by atoms with Crippen molar-refractivity contribution in [3.05, 3.63) is 10.4 Å². The second-order valence-corrected chi connectivity index (χ2v) is 5.88. The SMILES string of the molecule is [N-]=[N+]=NCCO[C@@H]1OC(CO)[C@@H](O)[C@H](O[C@H]2OC[C@@H](O)[C@H](O)C2O)C1O. The Morgan fingerprint density at radius 2 is 1.77 bits per heavy atom. The largest absolute Gasteiger partial charge is 0.394 e. The lowest BCUT2D eigenvalue weighted by Gasteiger charge is -2.44. The highest BCUT2D eigenvalue weighted by atomic mass is 16.7. The van der Waals surface area contributed by atoms with Crippen LogP contribution in [0.25, 0.3) is 10.4 Å². The van der Waals surface area contributed by atoms with Crippen molar-refractivity contribution >= 4 is 0 Å². The first-order chi connectivity index (χ1) is 12.4. The number of rotatable bonds is 7. The lowest BCUT2D eigenvalue weighted by Crippen LogP contribution is -2.63. The van der Waals surface area contributed by atoms with Crippen LogP contribution in [0.5, 0.6) is 0 Å². The van der Waals surface area contributed by atoms with E-state index in [0.29, 0.717) is 0 Å². The van der Waals surface area contributed by atoms with E-state index in [1.165, 1.54) is 0 Å². The summed E-state index contributed by atoms with van der Waals surface area (Å²) in [5.74, 6) is 0. The number of aliphatic hydroxyl groups is 6. The molecule has 13 nitrogen and oxygen atoms in total. The standard InChI is InChI=1S/C13H23N3O10/c14-16-15-1-2-23-13-10(22)11(8(20)6(3-17)25-13)26-12-9(21)7(19)5(18)4-24-12/h5-13,17-22H,1-4H2/t5-,6?,7+,8-,9?,10?,11+,12-,13-/m1/s1. The van der Waals surface area contributed by atoms with E-state index in [9.17, 15) is 30.6 Å². The Balaban J connectivity index is 2.04. The number of hydrogen-bond acceptors (Lipinski definition) is 11. The van der Waals surface area contributed by atoms with E-state index in [4.69, 9.17) is 24.5 Å². The van der Waals surface area contributed by atoms with Gasteiger partial charge in [-0.05, 0) is 5.53 Å². The number of azide groups is 1. The van der Waals surface area contributed by atoms with E-state index < -0.39 is 61.9 Å². The van der Waals surface area contributed by atoms with Gasteiger partial charge in [0.05, 0.1) is 19.8 Å². The molecule has 0 aliphatic carbocycles. The number of aliphatic hydroxyl groups excluding tert-OH is 6. The van der Waals surface area contributed by atoms with E-state index in [1.54, 1.807) is 0 Å². The van der Waals surface area contributed by atoms with E-state index in [-0.39, 0.29) is 19.8 Å². The lowest BCUT2D eigenvalue weighted by atomic mass is 9.98. The van der Waals surface area contributed by atoms with Gasteiger partial charge in [0.2, 0.25) is 0 Å². The molecule has 0 aromatic carbocycles. The van der Waals surface area contributed by atoms with Crippen molar-refractivity contribution in [1.82, 2.24) is 0 Å². The summed E-state index contributed by atoms with van der Waals surface area (Å²) >= 11 is 0. The first-order valence-electron chi connectivity index (χ1n) is 7.96. The Kier molecular flexibility index (Phi) is 7.94. The van der Waals surface area contributed by atoms with E-state index in [0.717, 1.165) is 0 Å². The Hall–Kier alpha value is -1.09. The highest BCUT2D eigenvalue weighted by Gasteiger charge is 2.49. The quantitative estimate of drug-likeness (QED) is 0.111. The first-order valence-corrected chi connectivity index (χ1v) is 7.96. The fourth-order valence-electron chi connectivity index (χ4n) is 2.66. The molecule has 9 atom stereocenters. The van der Waals surface area contributed by atoms with Crippen molar-refractivity contribution in [2.45, 2.75) is 55.3 Å². The third kappa shape index (κ3) is 4.79. The molecular formula is C13H23N3O10. The molecule has 0 aromatic rings. The Morgan fingerprint density at radius 3 is 2.42 bits per heavy atom. The first kappa shape index (κ1) is 21.2. The molecule has 150 valence electrons. The van der Waals surface area contributed by atoms with Crippen LogP contribution in [0.4, 0.5) is 0 Å². The van der Waals surface area contributed by atoms with Crippen molar-refractivity contribution in [1.29, 1.82) is 0 Å². The zero-order valence-electron chi connectivity index (χ0n) is 13.7. The summed E-state index contributed by atoms with van der Waals surface area (Å²) in [7, 11) is 0. The van der Waals surface area contributed by atoms with Gasteiger partial charge in [0, 0.05) is 11.5 Å². The molecule has 26 heavy (non-hydrogen) atoms. The van der Waals surface area contributed by atoms with E-state index >= 15 is 0 Å². The van der Waals surface area contributed by atoms with Gasteiger partial charge in [-0.1, -0.05) is 5.11 Å². The predicted octanol–water partition coefficient (Wildman–Crippen LogP) is -3.42. The summed E-state index contributed by atoms with van der Waals surface area (Å²) in [6.07, 6.45) is -12.8. The van der Waals surface area contributed by atoms with Crippen molar-refractivity contribution in [2.24, 2.45) is 5.11 Å². The molecular weight excluding hydrogens is 358 g/mol. The Bertz CT molecular complexity index is 493. The van der Waals surface area contributed by atoms with Gasteiger partial charge >= 0.3 is 0 Å². The van der Waals surface area contributed by atoms with Gasteiger partial charge in [0.1, 0.15) is 42.7 Å². The zero-order valence-corrected chi connectivity index (χ0v) is 13.7. The fraction of sp³-hybridized carbons (Fsp3) is 1.00. The summed E-state index contributed by atoms with van der Waals surface area (Å²) in [5.41, 5.74) is 8.22. The third-order valence-corrected chi connectivity index (χ3v) is 4.10. The molecule has 2 aliphatic rings. The monoisotopic (exact) mass is 381 g/mol. The van der Waals surface area contributed by atoms with Gasteiger partial charge in [-0.25, -0.2) is 0 Å². The molecule has 0 radical (unpaired) electrons. The smallest absolute Gasteiger partial charge is 0.186 e. The molecule has 2 heterocycles. The summed E-state index contributed by atoms with van der Waals surface area (Å²) in [6, 6.07) is 0. The van der Waals surface area contributed by atoms with Crippen LogP contribution in [-0.2, 0) is 18.9 Å². The average Bonchev–Trinajstić information content (AvgIpc) is 2.63. The number of nitrogens with zero attached hydrogens (tertiary/aromatic N) is 3. The average molecular weight is 381 g/mol. The normalized spacial score (nSPS) is 43.7. The van der Waals surface area contributed by atoms with Gasteiger partial charge in [-0.2, -0.15) is 0 Å². The van der Waals surface area contributed by atoms with E-state index in [1.807, 2.05) is 0 Å². The van der Waals surface area contributed by atoms with E-state index in [2.05, 4.69) is 10.0 Å². The minimum Gasteiger partial charge on any atom is -0.394 e. The maximum absolute atomic E-state index is 10.3. The third-order valence-electron chi connectivity index (χ3n) is 4.10. The molecule has 13 heteroatoms. The molecule has 0 spiro atoms. The molecule has 3 unspecified atom stereocenters. The fourth-order valence-corrected chi connectivity index (χ4v) is 2.66. The van der Waals surface area contributed by atoms with Gasteiger partial charge in [0.25, 0.3) is 0 Å². The van der Waals surface area contributed by atoms with Gasteiger partial charge in [-0.3, -0.25) is 0 Å². The van der Waals surface area contributed by atoms with Crippen LogP contribution in [0.2, 0.25) is 0 Å². The van der Waals surface area contributed by atoms with Crippen molar-refractivity contribution < 1.29 is 49.6 Å². The topological polar surface area (TPSA) is 207 Å². The second kappa shape index (κ2) is 9.73. The maximum Gasteiger partial charge on any atom is 0.186 e. The minimum absolute atomic E-state index is 0.0323. The Labute approximate surface area is 147 Å². The molecule has 2 aliphatic heterocycles. The summed E-state index contributed by atoms with van der Waals surface area (Å²) in [4.78, 5) is 2.54. The summed E-state index contributed by atoms with van der Waals surface area (Å²) in [5, 5.41) is 62.2. The zero-order chi connectivity index (χ0) is 19.3. The van der Waals surface area contributed by atoms with Crippen LogP contribution in [0.15, 0.2) is 5.11 Å². The van der Waals surface area contributed by atoms with Crippen LogP contribution in [0.3, 0.4) is 0 Å². The van der Waals surface area contributed by atoms with Crippen LogP contribution in [0, 0.1) is 0 Å². The molecule has 0 amide bonds. The van der Waals surface area contributed by atoms with Crippen molar-refractivity contribution in [3.8, 4) is 0 Å². The van der Waals surface area contributed by atoms with Crippen LogP contribution in [0.1, 0.15) is 0 Å². The Morgan fingerprint density at radius 1 is 1.04 bits per heavy atom. The minimum atomic E-state index is -1.63. The molecule has 6 N–H and O–H groups in total. The molecule has 2 fully saturated rings. The molecule has 0 bridgehead atoms. The molecule has 0 aromatic heterocycles. The van der Waals surface area contributed by atoms with Crippen LogP contribution in [-0.4, -0.2) is 112 Å². The van der Waals surface area contributed by atoms with Crippen LogP contribution >= 0.6 is 0 Å². The van der Waals surface area contributed by atoms with Crippen molar-refractivity contribution in [2.75, 3.05) is 26.4 Å². The molecule has 2 rings (SSSR count). The lowest BCUT2D eigenvalue weighted by molar-refractivity contribution is -0.348. The molecule has 2 saturated heterocycles. The molecule has 0 saturated carbocycles. The van der Waals surface area contributed by atoms with Gasteiger partial charge < -0.3 is 49.6 Å². The maximum atomic E-state index is 10.3. The highest BCUT2D eigenvalue weighted by molar-refractivity contribution is 4.92. The highest BCUT2D eigenvalue weighted by Crippen LogP contribution is 2.28. The summed E-state index contributed by atoms with van der Waals surface area (Å²) < 4.78 is 20.9. The van der Waals surface area contributed by atoms with Crippen LogP contribution < -0.4 is 0 Å². The summed E-state index contributed by atoms with van der Waals surface area (Å²) in [6.45, 7) is -1.07. The predicted molar refractivity (Wildman–Crippen MR) is 80.4 cm³/mol.